The van der Waals surface area contributed by atoms with Gasteiger partial charge in [-0.05, 0) is 45.3 Å². The van der Waals surface area contributed by atoms with Crippen molar-refractivity contribution in [2.45, 2.75) is 19.4 Å². The Kier molecular flexibility index (Phi) is 7.66. The molecule has 114 valence electrons. The van der Waals surface area contributed by atoms with Crippen LogP contribution in [0.15, 0.2) is 22.7 Å². The van der Waals surface area contributed by atoms with Crippen LogP contribution in [0.4, 0.5) is 4.39 Å². The summed E-state index contributed by atoms with van der Waals surface area (Å²) >= 11 is 3.41. The van der Waals surface area contributed by atoms with Gasteiger partial charge in [0.2, 0.25) is 0 Å². The van der Waals surface area contributed by atoms with E-state index in [4.69, 9.17) is 5.73 Å². The Bertz CT molecular complexity index is 412. The maximum atomic E-state index is 14.1. The monoisotopic (exact) mass is 345 g/mol. The first-order chi connectivity index (χ1) is 9.49. The van der Waals surface area contributed by atoms with E-state index in [9.17, 15) is 4.39 Å². The van der Waals surface area contributed by atoms with E-state index in [-0.39, 0.29) is 11.9 Å². The Morgan fingerprint density at radius 2 is 1.95 bits per heavy atom. The predicted molar refractivity (Wildman–Crippen MR) is 86.3 cm³/mol. The fraction of sp³-hybridized carbons (Fsp3) is 0.600. The fourth-order valence-electron chi connectivity index (χ4n) is 2.28. The summed E-state index contributed by atoms with van der Waals surface area (Å²) in [6.45, 7) is 5.29. The molecule has 3 nitrogen and oxygen atoms in total. The first kappa shape index (κ1) is 17.6. The van der Waals surface area contributed by atoms with Crippen LogP contribution in [-0.2, 0) is 0 Å². The molecule has 0 saturated carbocycles. The van der Waals surface area contributed by atoms with Crippen molar-refractivity contribution < 1.29 is 4.39 Å². The van der Waals surface area contributed by atoms with E-state index < -0.39 is 0 Å². The molecule has 0 aliphatic heterocycles. The van der Waals surface area contributed by atoms with Crippen LogP contribution in [0.5, 0.6) is 0 Å². The second-order valence-electron chi connectivity index (χ2n) is 5.26. The van der Waals surface area contributed by atoms with E-state index in [1.54, 1.807) is 6.07 Å². The summed E-state index contributed by atoms with van der Waals surface area (Å²) in [6.07, 6.45) is 1.03. The highest BCUT2D eigenvalue weighted by Gasteiger charge is 2.21. The van der Waals surface area contributed by atoms with E-state index in [0.717, 1.165) is 30.5 Å². The number of likely N-dealkylation sites (N-methyl/N-ethyl adjacent to an activating group) is 1. The lowest BCUT2D eigenvalue weighted by molar-refractivity contribution is 0.179. The minimum atomic E-state index is -0.186. The summed E-state index contributed by atoms with van der Waals surface area (Å²) < 4.78 is 15.0. The molecule has 0 amide bonds. The van der Waals surface area contributed by atoms with Crippen molar-refractivity contribution in [3.63, 3.8) is 0 Å². The first-order valence-corrected chi connectivity index (χ1v) is 7.82. The molecule has 1 aromatic carbocycles. The lowest BCUT2D eigenvalue weighted by atomic mass is 10.0. The van der Waals surface area contributed by atoms with Crippen LogP contribution in [0.25, 0.3) is 0 Å². The smallest absolute Gasteiger partial charge is 0.128 e. The molecule has 0 fully saturated rings. The van der Waals surface area contributed by atoms with Gasteiger partial charge in [-0.15, -0.1) is 0 Å². The minimum absolute atomic E-state index is 0.0765. The van der Waals surface area contributed by atoms with Gasteiger partial charge in [0, 0.05) is 35.7 Å². The third-order valence-corrected chi connectivity index (χ3v) is 3.82. The molecule has 0 spiro atoms. The van der Waals surface area contributed by atoms with Crippen molar-refractivity contribution in [3.8, 4) is 0 Å². The zero-order chi connectivity index (χ0) is 15.1. The number of hydrogen-bond acceptors (Lipinski definition) is 3. The summed E-state index contributed by atoms with van der Waals surface area (Å²) in [5, 5.41) is 0. The Morgan fingerprint density at radius 1 is 1.25 bits per heavy atom. The molecule has 0 aliphatic rings. The predicted octanol–water partition coefficient (Wildman–Crippen LogP) is 2.86. The molecule has 1 atom stereocenters. The zero-order valence-corrected chi connectivity index (χ0v) is 14.2. The Morgan fingerprint density at radius 3 is 2.50 bits per heavy atom. The highest BCUT2D eigenvalue weighted by Crippen LogP contribution is 2.26. The molecule has 0 saturated heterocycles. The number of benzene rings is 1. The summed E-state index contributed by atoms with van der Waals surface area (Å²) in [5.74, 6) is -0.186. The third-order valence-electron chi connectivity index (χ3n) is 3.33. The second kappa shape index (κ2) is 8.72. The molecule has 2 N–H and O–H groups in total. The van der Waals surface area contributed by atoms with E-state index >= 15 is 0 Å². The molecule has 1 rings (SSSR count). The maximum Gasteiger partial charge on any atom is 0.128 e. The van der Waals surface area contributed by atoms with Crippen LogP contribution >= 0.6 is 15.9 Å². The summed E-state index contributed by atoms with van der Waals surface area (Å²) in [5.41, 5.74) is 6.60. The topological polar surface area (TPSA) is 32.5 Å². The van der Waals surface area contributed by atoms with Crippen LogP contribution in [-0.4, -0.2) is 50.1 Å². The summed E-state index contributed by atoms with van der Waals surface area (Å²) in [7, 11) is 4.09. The van der Waals surface area contributed by atoms with Gasteiger partial charge in [-0.25, -0.2) is 4.39 Å². The molecule has 20 heavy (non-hydrogen) atoms. The quantitative estimate of drug-likeness (QED) is 0.786. The first-order valence-electron chi connectivity index (χ1n) is 7.03. The van der Waals surface area contributed by atoms with E-state index in [1.165, 1.54) is 6.07 Å². The average molecular weight is 346 g/mol. The minimum Gasteiger partial charge on any atom is -0.329 e. The second-order valence-corrected chi connectivity index (χ2v) is 6.17. The van der Waals surface area contributed by atoms with E-state index in [0.29, 0.717) is 12.1 Å². The van der Waals surface area contributed by atoms with Crippen molar-refractivity contribution in [2.75, 3.05) is 40.3 Å². The van der Waals surface area contributed by atoms with Gasteiger partial charge in [-0.3, -0.25) is 4.90 Å². The summed E-state index contributed by atoms with van der Waals surface area (Å²) in [4.78, 5) is 4.40. The number of nitrogens with two attached hydrogens (primary N) is 1. The van der Waals surface area contributed by atoms with Crippen LogP contribution in [0.1, 0.15) is 24.9 Å². The van der Waals surface area contributed by atoms with Crippen molar-refractivity contribution >= 4 is 15.9 Å². The largest absolute Gasteiger partial charge is 0.329 e. The molecular formula is C15H25BrFN3. The van der Waals surface area contributed by atoms with Crippen LogP contribution < -0.4 is 5.73 Å². The molecule has 1 unspecified atom stereocenters. The van der Waals surface area contributed by atoms with Gasteiger partial charge in [-0.2, -0.15) is 0 Å². The molecule has 0 bridgehead atoms. The SMILES string of the molecule is CCCN(CCN(C)C)C(CN)c1cc(Br)ccc1F. The van der Waals surface area contributed by atoms with Gasteiger partial charge in [0.25, 0.3) is 0 Å². The molecule has 0 heterocycles. The average Bonchev–Trinajstić information content (AvgIpc) is 2.40. The molecule has 0 radical (unpaired) electrons. The van der Waals surface area contributed by atoms with Gasteiger partial charge < -0.3 is 10.6 Å². The van der Waals surface area contributed by atoms with Crippen LogP contribution in [0, 0.1) is 5.82 Å². The molecule has 0 aliphatic carbocycles. The van der Waals surface area contributed by atoms with Crippen molar-refractivity contribution in [2.24, 2.45) is 5.73 Å². The molecular weight excluding hydrogens is 321 g/mol. The Balaban J connectivity index is 2.96. The van der Waals surface area contributed by atoms with Crippen molar-refractivity contribution in [1.29, 1.82) is 0 Å². The highest BCUT2D eigenvalue weighted by atomic mass is 79.9. The van der Waals surface area contributed by atoms with Gasteiger partial charge in [0.05, 0.1) is 0 Å². The molecule has 0 aromatic heterocycles. The fourth-order valence-corrected chi connectivity index (χ4v) is 2.66. The van der Waals surface area contributed by atoms with E-state index in [2.05, 4.69) is 32.7 Å². The Hall–Kier alpha value is -0.490. The van der Waals surface area contributed by atoms with Gasteiger partial charge in [-0.1, -0.05) is 22.9 Å². The van der Waals surface area contributed by atoms with Crippen LogP contribution in [0.2, 0.25) is 0 Å². The maximum absolute atomic E-state index is 14.1. The van der Waals surface area contributed by atoms with Crippen LogP contribution in [0.3, 0.4) is 0 Å². The Labute approximate surface area is 130 Å². The number of halogens is 2. The third kappa shape index (κ3) is 5.13. The van der Waals surface area contributed by atoms with Crippen molar-refractivity contribution in [1.82, 2.24) is 9.80 Å². The van der Waals surface area contributed by atoms with Crippen molar-refractivity contribution in [3.05, 3.63) is 34.1 Å². The standard InChI is InChI=1S/C15H25BrFN3/c1-4-7-20(9-8-19(2)3)15(11-18)13-10-12(16)5-6-14(13)17/h5-6,10,15H,4,7-9,11,18H2,1-3H3. The van der Waals surface area contributed by atoms with Gasteiger partial charge >= 0.3 is 0 Å². The normalized spacial score (nSPS) is 13.2. The lowest BCUT2D eigenvalue weighted by Gasteiger charge is -2.32. The number of hydrogen-bond donors (Lipinski definition) is 1. The number of rotatable bonds is 8. The highest BCUT2D eigenvalue weighted by molar-refractivity contribution is 9.10. The molecule has 1 aromatic rings. The van der Waals surface area contributed by atoms with E-state index in [1.807, 2.05) is 20.2 Å². The summed E-state index contributed by atoms with van der Waals surface area (Å²) in [6, 6.07) is 4.98. The lowest BCUT2D eigenvalue weighted by Crippen LogP contribution is -2.39. The van der Waals surface area contributed by atoms with Gasteiger partial charge in [0.15, 0.2) is 0 Å². The zero-order valence-electron chi connectivity index (χ0n) is 12.6. The van der Waals surface area contributed by atoms with Gasteiger partial charge in [0.1, 0.15) is 5.82 Å². The number of nitrogens with zero attached hydrogens (tertiary/aromatic N) is 2. The molecule has 5 heteroatoms.